The molecular weight excluding hydrogens is 202 g/mol. The van der Waals surface area contributed by atoms with Gasteiger partial charge in [0.1, 0.15) is 6.04 Å². The fourth-order valence-electron chi connectivity index (χ4n) is 1.64. The molecule has 0 unspecified atom stereocenters. The number of nitrogens with one attached hydrogen (secondary N) is 1. The maximum absolute atomic E-state index is 11.2. The maximum Gasteiger partial charge on any atom is 0.322 e. The Balaban J connectivity index is 2.64. The first-order valence-electron chi connectivity index (χ1n) is 5.42. The summed E-state index contributed by atoms with van der Waals surface area (Å²) < 4.78 is 4.66. The van der Waals surface area contributed by atoms with E-state index in [2.05, 4.69) is 36.0 Å². The van der Waals surface area contributed by atoms with E-state index in [1.807, 2.05) is 6.07 Å². The molecule has 0 heterocycles. The minimum absolute atomic E-state index is 0.230. The molecule has 0 aliphatic rings. The number of rotatable bonds is 4. The van der Waals surface area contributed by atoms with E-state index in [4.69, 9.17) is 0 Å². The van der Waals surface area contributed by atoms with Crippen LogP contribution in [0.4, 0.5) is 0 Å². The lowest BCUT2D eigenvalue weighted by Crippen LogP contribution is -2.34. The monoisotopic (exact) mass is 221 g/mol. The van der Waals surface area contributed by atoms with Crippen LogP contribution in [0.1, 0.15) is 23.6 Å². The number of ether oxygens (including phenoxy) is 1. The van der Waals surface area contributed by atoms with Crippen molar-refractivity contribution in [3.05, 3.63) is 34.9 Å². The number of carbonyl (C=O) groups is 1. The molecule has 0 bridgehead atoms. The smallest absolute Gasteiger partial charge is 0.322 e. The molecule has 0 aliphatic carbocycles. The summed E-state index contributed by atoms with van der Waals surface area (Å²) >= 11 is 0. The van der Waals surface area contributed by atoms with E-state index in [9.17, 15) is 4.79 Å². The Morgan fingerprint density at radius 2 is 1.94 bits per heavy atom. The molecule has 0 spiro atoms. The standard InChI is InChI=1S/C13H19NO2/c1-9-6-5-7-10(2)12(9)8-14-11(3)13(15)16-4/h5-7,11,14H,8H2,1-4H3/t11-/m0/s1. The van der Waals surface area contributed by atoms with Crippen molar-refractivity contribution < 1.29 is 9.53 Å². The van der Waals surface area contributed by atoms with Gasteiger partial charge in [0.25, 0.3) is 0 Å². The van der Waals surface area contributed by atoms with Crippen molar-refractivity contribution >= 4 is 5.97 Å². The van der Waals surface area contributed by atoms with Crippen molar-refractivity contribution in [2.24, 2.45) is 0 Å². The zero-order valence-electron chi connectivity index (χ0n) is 10.3. The normalized spacial score (nSPS) is 12.2. The molecule has 1 aromatic carbocycles. The summed E-state index contributed by atoms with van der Waals surface area (Å²) in [6.07, 6.45) is 0. The zero-order valence-corrected chi connectivity index (χ0v) is 10.3. The first-order chi connectivity index (χ1) is 7.56. The molecule has 0 fully saturated rings. The lowest BCUT2D eigenvalue weighted by molar-refractivity contribution is -0.142. The van der Waals surface area contributed by atoms with Gasteiger partial charge in [-0.15, -0.1) is 0 Å². The van der Waals surface area contributed by atoms with Gasteiger partial charge in [0.05, 0.1) is 7.11 Å². The fraction of sp³-hybridized carbons (Fsp3) is 0.462. The highest BCUT2D eigenvalue weighted by Crippen LogP contribution is 2.12. The molecule has 1 aromatic rings. The van der Waals surface area contributed by atoms with Gasteiger partial charge in [-0.1, -0.05) is 18.2 Å². The number of aryl methyl sites for hydroxylation is 2. The quantitative estimate of drug-likeness (QED) is 0.790. The van der Waals surface area contributed by atoms with Gasteiger partial charge in [0.15, 0.2) is 0 Å². The summed E-state index contributed by atoms with van der Waals surface area (Å²) in [5.74, 6) is -0.230. The molecule has 0 radical (unpaired) electrons. The van der Waals surface area contributed by atoms with Crippen LogP contribution in [0.2, 0.25) is 0 Å². The predicted octanol–water partition coefficient (Wildman–Crippen LogP) is 1.95. The molecular formula is C13H19NO2. The molecule has 3 heteroatoms. The van der Waals surface area contributed by atoms with Crippen LogP contribution in [0.5, 0.6) is 0 Å². The predicted molar refractivity (Wildman–Crippen MR) is 64.2 cm³/mol. The van der Waals surface area contributed by atoms with Gasteiger partial charge in [0.2, 0.25) is 0 Å². The molecule has 16 heavy (non-hydrogen) atoms. The van der Waals surface area contributed by atoms with Gasteiger partial charge in [-0.05, 0) is 37.5 Å². The molecule has 3 nitrogen and oxygen atoms in total. The van der Waals surface area contributed by atoms with Gasteiger partial charge in [-0.3, -0.25) is 4.79 Å². The van der Waals surface area contributed by atoms with E-state index in [-0.39, 0.29) is 12.0 Å². The lowest BCUT2D eigenvalue weighted by Gasteiger charge is -2.14. The summed E-state index contributed by atoms with van der Waals surface area (Å²) in [6.45, 7) is 6.65. The van der Waals surface area contributed by atoms with Crippen LogP contribution in [0.15, 0.2) is 18.2 Å². The summed E-state index contributed by atoms with van der Waals surface area (Å²) in [5, 5.41) is 3.16. The summed E-state index contributed by atoms with van der Waals surface area (Å²) in [7, 11) is 1.40. The first-order valence-corrected chi connectivity index (χ1v) is 5.42. The second-order valence-electron chi connectivity index (χ2n) is 4.00. The second-order valence-corrected chi connectivity index (χ2v) is 4.00. The van der Waals surface area contributed by atoms with Gasteiger partial charge < -0.3 is 10.1 Å². The van der Waals surface area contributed by atoms with Crippen LogP contribution < -0.4 is 5.32 Å². The molecule has 0 saturated heterocycles. The largest absolute Gasteiger partial charge is 0.468 e. The van der Waals surface area contributed by atoms with Crippen LogP contribution in [0.3, 0.4) is 0 Å². The molecule has 1 N–H and O–H groups in total. The van der Waals surface area contributed by atoms with Crippen molar-refractivity contribution in [2.75, 3.05) is 7.11 Å². The number of hydrogen-bond donors (Lipinski definition) is 1. The van der Waals surface area contributed by atoms with Crippen molar-refractivity contribution in [1.29, 1.82) is 0 Å². The van der Waals surface area contributed by atoms with E-state index < -0.39 is 0 Å². The fourth-order valence-corrected chi connectivity index (χ4v) is 1.64. The molecule has 0 aliphatic heterocycles. The van der Waals surface area contributed by atoms with Crippen LogP contribution >= 0.6 is 0 Å². The van der Waals surface area contributed by atoms with Crippen molar-refractivity contribution in [2.45, 2.75) is 33.4 Å². The number of esters is 1. The van der Waals surface area contributed by atoms with Gasteiger partial charge in [-0.2, -0.15) is 0 Å². The third kappa shape index (κ3) is 3.07. The Hall–Kier alpha value is -1.35. The molecule has 1 rings (SSSR count). The Bertz CT molecular complexity index is 354. The third-order valence-corrected chi connectivity index (χ3v) is 2.78. The zero-order chi connectivity index (χ0) is 12.1. The average Bonchev–Trinajstić information content (AvgIpc) is 2.27. The SMILES string of the molecule is COC(=O)[C@H](C)NCc1c(C)cccc1C. The maximum atomic E-state index is 11.2. The lowest BCUT2D eigenvalue weighted by atomic mass is 10.0. The minimum Gasteiger partial charge on any atom is -0.468 e. The third-order valence-electron chi connectivity index (χ3n) is 2.78. The van der Waals surface area contributed by atoms with E-state index >= 15 is 0 Å². The van der Waals surface area contributed by atoms with Crippen LogP contribution in [0.25, 0.3) is 0 Å². The second kappa shape index (κ2) is 5.66. The molecule has 0 aromatic heterocycles. The molecule has 0 amide bonds. The molecule has 1 atom stereocenters. The summed E-state index contributed by atoms with van der Waals surface area (Å²) in [4.78, 5) is 11.2. The Kier molecular flexibility index (Phi) is 4.50. The van der Waals surface area contributed by atoms with Crippen LogP contribution in [-0.2, 0) is 16.1 Å². The number of methoxy groups -OCH3 is 1. The topological polar surface area (TPSA) is 38.3 Å². The Labute approximate surface area is 96.8 Å². The molecule has 88 valence electrons. The van der Waals surface area contributed by atoms with Crippen molar-refractivity contribution in [3.63, 3.8) is 0 Å². The highest BCUT2D eigenvalue weighted by molar-refractivity contribution is 5.75. The highest BCUT2D eigenvalue weighted by atomic mass is 16.5. The van der Waals surface area contributed by atoms with E-state index in [1.165, 1.54) is 23.8 Å². The first kappa shape index (κ1) is 12.7. The number of hydrogen-bond acceptors (Lipinski definition) is 3. The molecule has 0 saturated carbocycles. The van der Waals surface area contributed by atoms with Crippen LogP contribution in [0, 0.1) is 13.8 Å². The average molecular weight is 221 g/mol. The van der Waals surface area contributed by atoms with Crippen molar-refractivity contribution in [1.82, 2.24) is 5.32 Å². The number of carbonyl (C=O) groups excluding carboxylic acids is 1. The number of benzene rings is 1. The van der Waals surface area contributed by atoms with Crippen molar-refractivity contribution in [3.8, 4) is 0 Å². The summed E-state index contributed by atoms with van der Waals surface area (Å²) in [6, 6.07) is 5.92. The summed E-state index contributed by atoms with van der Waals surface area (Å²) in [5.41, 5.74) is 3.73. The van der Waals surface area contributed by atoms with Gasteiger partial charge in [0, 0.05) is 6.54 Å². The van der Waals surface area contributed by atoms with Gasteiger partial charge in [-0.25, -0.2) is 0 Å². The van der Waals surface area contributed by atoms with E-state index in [0.29, 0.717) is 6.54 Å². The van der Waals surface area contributed by atoms with Gasteiger partial charge >= 0.3 is 5.97 Å². The van der Waals surface area contributed by atoms with E-state index in [1.54, 1.807) is 6.92 Å². The Morgan fingerprint density at radius 3 is 2.44 bits per heavy atom. The van der Waals surface area contributed by atoms with Crippen LogP contribution in [-0.4, -0.2) is 19.1 Å². The highest BCUT2D eigenvalue weighted by Gasteiger charge is 2.12. The Morgan fingerprint density at radius 1 is 1.38 bits per heavy atom. The van der Waals surface area contributed by atoms with E-state index in [0.717, 1.165) is 0 Å². The minimum atomic E-state index is -0.274.